The molecule has 82 valence electrons. The minimum absolute atomic E-state index is 0.335. The second-order valence-corrected chi connectivity index (χ2v) is 4.17. The lowest BCUT2D eigenvalue weighted by molar-refractivity contribution is 0.474. The monoisotopic (exact) mass is 212 g/mol. The predicted molar refractivity (Wildman–Crippen MR) is 66.8 cm³/mol. The Bertz CT molecular complexity index is 474. The summed E-state index contributed by atoms with van der Waals surface area (Å²) in [5.74, 6) is 0.698. The summed E-state index contributed by atoms with van der Waals surface area (Å²) in [7, 11) is 0. The molecule has 2 rings (SSSR count). The van der Waals surface area contributed by atoms with E-state index in [1.807, 2.05) is 25.1 Å². The van der Waals surface area contributed by atoms with Gasteiger partial charge in [-0.2, -0.15) is 0 Å². The maximum absolute atomic E-state index is 9.39. The maximum Gasteiger partial charge on any atom is 0.115 e. The zero-order valence-corrected chi connectivity index (χ0v) is 9.64. The molecule has 0 saturated heterocycles. The van der Waals surface area contributed by atoms with Crippen LogP contribution in [0.25, 0.3) is 0 Å². The molecule has 0 amide bonds. The lowest BCUT2D eigenvalue weighted by Crippen LogP contribution is -1.98. The van der Waals surface area contributed by atoms with Crippen LogP contribution in [0.3, 0.4) is 0 Å². The zero-order valence-electron chi connectivity index (χ0n) is 9.64. The minimum Gasteiger partial charge on any atom is -0.508 e. The maximum atomic E-state index is 9.39. The Morgan fingerprint density at radius 3 is 2.31 bits per heavy atom. The highest BCUT2D eigenvalue weighted by Crippen LogP contribution is 2.28. The average molecular weight is 212 g/mol. The summed E-state index contributed by atoms with van der Waals surface area (Å²) in [5, 5.41) is 9.39. The second-order valence-electron chi connectivity index (χ2n) is 4.17. The number of hydrogen-bond donors (Lipinski definition) is 1. The third-order valence-corrected chi connectivity index (χ3v) is 3.02. The van der Waals surface area contributed by atoms with E-state index in [1.165, 1.54) is 11.1 Å². The molecule has 0 fully saturated rings. The van der Waals surface area contributed by atoms with Gasteiger partial charge in [-0.05, 0) is 35.7 Å². The molecule has 1 unspecified atom stereocenters. The SMILES string of the molecule is Cc1cc(O)ccc1C(C)c1ccccc1. The molecule has 0 aliphatic heterocycles. The summed E-state index contributed by atoms with van der Waals surface area (Å²) < 4.78 is 0. The molecule has 0 heterocycles. The molecule has 0 spiro atoms. The molecule has 0 aliphatic rings. The van der Waals surface area contributed by atoms with E-state index in [0.717, 1.165) is 5.56 Å². The fourth-order valence-electron chi connectivity index (χ4n) is 2.07. The van der Waals surface area contributed by atoms with Gasteiger partial charge in [0.25, 0.3) is 0 Å². The van der Waals surface area contributed by atoms with Gasteiger partial charge in [-0.1, -0.05) is 43.3 Å². The molecule has 0 aliphatic carbocycles. The first kappa shape index (κ1) is 10.7. The van der Waals surface area contributed by atoms with Gasteiger partial charge in [-0.25, -0.2) is 0 Å². The van der Waals surface area contributed by atoms with Crippen LogP contribution in [0, 0.1) is 6.92 Å². The summed E-state index contributed by atoms with van der Waals surface area (Å²) >= 11 is 0. The highest BCUT2D eigenvalue weighted by molar-refractivity contribution is 5.40. The molecule has 1 heteroatoms. The van der Waals surface area contributed by atoms with Gasteiger partial charge in [0.15, 0.2) is 0 Å². The molecule has 1 nitrogen and oxygen atoms in total. The molecule has 1 atom stereocenters. The quantitative estimate of drug-likeness (QED) is 0.801. The first-order valence-corrected chi connectivity index (χ1v) is 5.53. The van der Waals surface area contributed by atoms with Crippen molar-refractivity contribution in [3.8, 4) is 5.75 Å². The number of hydrogen-bond acceptors (Lipinski definition) is 1. The van der Waals surface area contributed by atoms with Crippen molar-refractivity contribution in [1.82, 2.24) is 0 Å². The van der Waals surface area contributed by atoms with Crippen molar-refractivity contribution in [1.29, 1.82) is 0 Å². The lowest BCUT2D eigenvalue weighted by Gasteiger charge is -2.15. The molecule has 2 aromatic carbocycles. The fraction of sp³-hybridized carbons (Fsp3) is 0.200. The van der Waals surface area contributed by atoms with Crippen molar-refractivity contribution in [2.45, 2.75) is 19.8 Å². The van der Waals surface area contributed by atoms with Crippen LogP contribution < -0.4 is 0 Å². The topological polar surface area (TPSA) is 20.2 Å². The first-order valence-electron chi connectivity index (χ1n) is 5.53. The van der Waals surface area contributed by atoms with Crippen LogP contribution in [0.15, 0.2) is 48.5 Å². The van der Waals surface area contributed by atoms with E-state index >= 15 is 0 Å². The van der Waals surface area contributed by atoms with Crippen molar-refractivity contribution in [2.24, 2.45) is 0 Å². The van der Waals surface area contributed by atoms with Gasteiger partial charge in [0, 0.05) is 5.92 Å². The van der Waals surface area contributed by atoms with Crippen molar-refractivity contribution in [3.63, 3.8) is 0 Å². The molecule has 0 bridgehead atoms. The van der Waals surface area contributed by atoms with Gasteiger partial charge in [-0.3, -0.25) is 0 Å². The Balaban J connectivity index is 2.38. The van der Waals surface area contributed by atoms with Crippen LogP contribution in [0.1, 0.15) is 29.5 Å². The third kappa shape index (κ3) is 2.08. The van der Waals surface area contributed by atoms with Gasteiger partial charge in [0.1, 0.15) is 5.75 Å². The van der Waals surface area contributed by atoms with E-state index in [1.54, 1.807) is 6.07 Å². The zero-order chi connectivity index (χ0) is 11.5. The summed E-state index contributed by atoms with van der Waals surface area (Å²) in [6.45, 7) is 4.23. The second kappa shape index (κ2) is 4.40. The summed E-state index contributed by atoms with van der Waals surface area (Å²) in [6, 6.07) is 16.0. The number of rotatable bonds is 2. The number of phenolic OH excluding ortho intramolecular Hbond substituents is 1. The molecule has 2 aromatic rings. The number of aryl methyl sites for hydroxylation is 1. The van der Waals surface area contributed by atoms with Gasteiger partial charge < -0.3 is 5.11 Å². The Morgan fingerprint density at radius 1 is 1.00 bits per heavy atom. The minimum atomic E-state index is 0.335. The molecule has 0 saturated carbocycles. The van der Waals surface area contributed by atoms with Gasteiger partial charge in [0.2, 0.25) is 0 Å². The van der Waals surface area contributed by atoms with Crippen LogP contribution in [-0.2, 0) is 0 Å². The highest BCUT2D eigenvalue weighted by atomic mass is 16.3. The van der Waals surface area contributed by atoms with E-state index in [-0.39, 0.29) is 0 Å². The van der Waals surface area contributed by atoms with Gasteiger partial charge in [-0.15, -0.1) is 0 Å². The Labute approximate surface area is 96.4 Å². The van der Waals surface area contributed by atoms with Crippen LogP contribution in [0.4, 0.5) is 0 Å². The number of phenols is 1. The average Bonchev–Trinajstić information content (AvgIpc) is 2.29. The Hall–Kier alpha value is -1.76. The normalized spacial score (nSPS) is 12.4. The number of benzene rings is 2. The molecular formula is C15H16O. The van der Waals surface area contributed by atoms with Crippen LogP contribution in [0.2, 0.25) is 0 Å². The van der Waals surface area contributed by atoms with E-state index in [4.69, 9.17) is 0 Å². The van der Waals surface area contributed by atoms with E-state index < -0.39 is 0 Å². The number of aromatic hydroxyl groups is 1. The predicted octanol–water partition coefficient (Wildman–Crippen LogP) is 3.85. The van der Waals surface area contributed by atoms with Crippen LogP contribution >= 0.6 is 0 Å². The van der Waals surface area contributed by atoms with E-state index in [9.17, 15) is 5.11 Å². The van der Waals surface area contributed by atoms with Crippen molar-refractivity contribution >= 4 is 0 Å². The van der Waals surface area contributed by atoms with Crippen molar-refractivity contribution < 1.29 is 5.11 Å². The summed E-state index contributed by atoms with van der Waals surface area (Å²) in [6.07, 6.45) is 0. The smallest absolute Gasteiger partial charge is 0.115 e. The van der Waals surface area contributed by atoms with Crippen LogP contribution in [-0.4, -0.2) is 5.11 Å². The van der Waals surface area contributed by atoms with E-state index in [0.29, 0.717) is 11.7 Å². The highest BCUT2D eigenvalue weighted by Gasteiger charge is 2.10. The molecule has 0 radical (unpaired) electrons. The lowest BCUT2D eigenvalue weighted by atomic mass is 9.90. The molecule has 0 aromatic heterocycles. The van der Waals surface area contributed by atoms with Crippen LogP contribution in [0.5, 0.6) is 5.75 Å². The van der Waals surface area contributed by atoms with Crippen molar-refractivity contribution in [2.75, 3.05) is 0 Å². The fourth-order valence-corrected chi connectivity index (χ4v) is 2.07. The molecule has 16 heavy (non-hydrogen) atoms. The van der Waals surface area contributed by atoms with E-state index in [2.05, 4.69) is 31.2 Å². The third-order valence-electron chi connectivity index (χ3n) is 3.02. The van der Waals surface area contributed by atoms with Gasteiger partial charge in [0.05, 0.1) is 0 Å². The Morgan fingerprint density at radius 2 is 1.69 bits per heavy atom. The summed E-state index contributed by atoms with van der Waals surface area (Å²) in [5.41, 5.74) is 3.71. The van der Waals surface area contributed by atoms with Crippen molar-refractivity contribution in [3.05, 3.63) is 65.2 Å². The Kier molecular flexibility index (Phi) is 2.95. The first-order chi connectivity index (χ1) is 7.68. The van der Waals surface area contributed by atoms with Gasteiger partial charge >= 0.3 is 0 Å². The largest absolute Gasteiger partial charge is 0.508 e. The summed E-state index contributed by atoms with van der Waals surface area (Å²) in [4.78, 5) is 0. The standard InChI is InChI=1S/C15H16O/c1-11-10-14(16)8-9-15(11)12(2)13-6-4-3-5-7-13/h3-10,12,16H,1-2H3. The molecule has 1 N–H and O–H groups in total. The molecular weight excluding hydrogens is 196 g/mol.